The van der Waals surface area contributed by atoms with Crippen molar-refractivity contribution < 1.29 is 23.4 Å². The fourth-order valence-electron chi connectivity index (χ4n) is 3.62. The number of benzene rings is 3. The number of methoxy groups -OCH3 is 3. The molecule has 4 aromatic rings. The van der Waals surface area contributed by atoms with Crippen LogP contribution in [0.2, 0.25) is 0 Å². The number of ether oxygens (including phenoxy) is 3. The van der Waals surface area contributed by atoms with E-state index in [1.165, 1.54) is 0 Å². The van der Waals surface area contributed by atoms with Gasteiger partial charge in [0.25, 0.3) is 5.91 Å². The van der Waals surface area contributed by atoms with Crippen LogP contribution in [0.3, 0.4) is 0 Å². The zero-order chi connectivity index (χ0) is 23.2. The highest BCUT2D eigenvalue weighted by molar-refractivity contribution is 6.02. The number of carbonyl (C=O) groups is 1. The first-order valence-corrected chi connectivity index (χ1v) is 10.5. The maximum atomic E-state index is 12.8. The summed E-state index contributed by atoms with van der Waals surface area (Å²) in [5.74, 6) is 2.64. The van der Waals surface area contributed by atoms with Crippen molar-refractivity contribution in [1.29, 1.82) is 0 Å². The first-order chi connectivity index (χ1) is 16.1. The van der Waals surface area contributed by atoms with E-state index in [1.54, 1.807) is 39.5 Å². The largest absolute Gasteiger partial charge is 0.497 e. The highest BCUT2D eigenvalue weighted by atomic mass is 16.5. The molecule has 0 saturated carbocycles. The van der Waals surface area contributed by atoms with Crippen molar-refractivity contribution in [2.45, 2.75) is 6.42 Å². The number of anilines is 1. The Kier molecular flexibility index (Phi) is 6.64. The average Bonchev–Trinajstić information content (AvgIpc) is 3.33. The summed E-state index contributed by atoms with van der Waals surface area (Å²) in [7, 11) is 4.84. The summed E-state index contributed by atoms with van der Waals surface area (Å²) in [6, 6.07) is 24.5. The van der Waals surface area contributed by atoms with Crippen molar-refractivity contribution in [3.05, 3.63) is 95.9 Å². The molecule has 1 amide bonds. The quantitative estimate of drug-likeness (QED) is 0.372. The Labute approximate surface area is 192 Å². The van der Waals surface area contributed by atoms with Crippen LogP contribution in [0.15, 0.2) is 83.3 Å². The molecule has 0 atom stereocenters. The number of amides is 1. The van der Waals surface area contributed by atoms with Crippen LogP contribution in [0.4, 0.5) is 5.69 Å². The van der Waals surface area contributed by atoms with E-state index in [2.05, 4.69) is 5.32 Å². The number of hydrogen-bond donors (Lipinski definition) is 1. The van der Waals surface area contributed by atoms with Gasteiger partial charge in [0.05, 0.1) is 21.3 Å². The number of furan rings is 1. The third-order valence-electron chi connectivity index (χ3n) is 5.28. The Balaban J connectivity index is 1.49. The van der Waals surface area contributed by atoms with Crippen LogP contribution in [0, 0.1) is 0 Å². The van der Waals surface area contributed by atoms with Crippen LogP contribution in [-0.4, -0.2) is 27.2 Å². The minimum absolute atomic E-state index is 0.220. The van der Waals surface area contributed by atoms with Gasteiger partial charge in [0.2, 0.25) is 0 Å². The molecule has 33 heavy (non-hydrogen) atoms. The van der Waals surface area contributed by atoms with Crippen LogP contribution in [0.5, 0.6) is 17.2 Å². The lowest BCUT2D eigenvalue weighted by Gasteiger charge is -2.11. The van der Waals surface area contributed by atoms with Gasteiger partial charge in [-0.2, -0.15) is 0 Å². The molecule has 168 valence electrons. The molecule has 0 saturated heterocycles. The second-order valence-corrected chi connectivity index (χ2v) is 7.36. The Morgan fingerprint density at radius 3 is 2.33 bits per heavy atom. The van der Waals surface area contributed by atoms with Crippen LogP contribution in [-0.2, 0) is 6.42 Å². The van der Waals surface area contributed by atoms with Gasteiger partial charge < -0.3 is 23.9 Å². The third-order valence-corrected chi connectivity index (χ3v) is 5.28. The van der Waals surface area contributed by atoms with Crippen molar-refractivity contribution in [3.8, 4) is 28.4 Å². The molecule has 1 N–H and O–H groups in total. The second-order valence-electron chi connectivity index (χ2n) is 7.36. The lowest BCUT2D eigenvalue weighted by atomic mass is 10.0. The predicted molar refractivity (Wildman–Crippen MR) is 127 cm³/mol. The number of rotatable bonds is 8. The van der Waals surface area contributed by atoms with Gasteiger partial charge >= 0.3 is 0 Å². The first kappa shape index (κ1) is 22.0. The topological polar surface area (TPSA) is 69.9 Å². The molecule has 0 bridgehead atoms. The molecule has 0 aliphatic heterocycles. The number of carbonyl (C=O) groups excluding carboxylic acids is 1. The van der Waals surface area contributed by atoms with Crippen LogP contribution in [0.25, 0.3) is 11.1 Å². The van der Waals surface area contributed by atoms with E-state index in [0.717, 1.165) is 28.2 Å². The molecule has 0 unspecified atom stereocenters. The molecule has 6 nitrogen and oxygen atoms in total. The fraction of sp³-hybridized carbons (Fsp3) is 0.148. The molecule has 0 spiro atoms. The second kappa shape index (κ2) is 9.96. The van der Waals surface area contributed by atoms with E-state index in [0.29, 0.717) is 23.6 Å². The molecule has 0 fully saturated rings. The van der Waals surface area contributed by atoms with Gasteiger partial charge in [0, 0.05) is 29.3 Å². The third kappa shape index (κ3) is 5.01. The van der Waals surface area contributed by atoms with Gasteiger partial charge in [-0.25, -0.2) is 0 Å². The molecule has 1 aromatic heterocycles. The van der Waals surface area contributed by atoms with E-state index < -0.39 is 0 Å². The molecular weight excluding hydrogens is 418 g/mol. The summed E-state index contributed by atoms with van der Waals surface area (Å²) < 4.78 is 22.1. The van der Waals surface area contributed by atoms with Crippen molar-refractivity contribution >= 4 is 11.6 Å². The van der Waals surface area contributed by atoms with Crippen molar-refractivity contribution in [1.82, 2.24) is 0 Å². The van der Waals surface area contributed by atoms with Crippen LogP contribution < -0.4 is 19.5 Å². The molecule has 6 heteroatoms. The molecular formula is C27H25NO5. The maximum Gasteiger partial charge on any atom is 0.291 e. The zero-order valence-electron chi connectivity index (χ0n) is 18.8. The van der Waals surface area contributed by atoms with Gasteiger partial charge in [0.1, 0.15) is 23.0 Å². The smallest absolute Gasteiger partial charge is 0.291 e. The molecule has 3 aromatic carbocycles. The van der Waals surface area contributed by atoms with Gasteiger partial charge in [-0.15, -0.1) is 0 Å². The monoisotopic (exact) mass is 443 g/mol. The van der Waals surface area contributed by atoms with Crippen molar-refractivity contribution in [2.75, 3.05) is 26.6 Å². The summed E-state index contributed by atoms with van der Waals surface area (Å²) in [6.45, 7) is 0. The maximum absolute atomic E-state index is 12.8. The average molecular weight is 443 g/mol. The normalized spacial score (nSPS) is 10.5. The minimum atomic E-state index is -0.339. The molecule has 4 rings (SSSR count). The van der Waals surface area contributed by atoms with E-state index >= 15 is 0 Å². The van der Waals surface area contributed by atoms with E-state index in [9.17, 15) is 4.79 Å². The highest BCUT2D eigenvalue weighted by Crippen LogP contribution is 2.32. The summed E-state index contributed by atoms with van der Waals surface area (Å²) in [4.78, 5) is 12.8. The van der Waals surface area contributed by atoms with Gasteiger partial charge in [-0.05, 0) is 48.0 Å². The summed E-state index contributed by atoms with van der Waals surface area (Å²) in [5, 5.41) is 2.87. The number of nitrogens with one attached hydrogen (secondary N) is 1. The first-order valence-electron chi connectivity index (χ1n) is 10.5. The highest BCUT2D eigenvalue weighted by Gasteiger charge is 2.15. The lowest BCUT2D eigenvalue weighted by molar-refractivity contribution is 0.0995. The molecule has 0 radical (unpaired) electrons. The summed E-state index contributed by atoms with van der Waals surface area (Å²) >= 11 is 0. The van der Waals surface area contributed by atoms with Gasteiger partial charge in [-0.1, -0.05) is 30.3 Å². The van der Waals surface area contributed by atoms with Gasteiger partial charge in [0.15, 0.2) is 5.76 Å². The zero-order valence-corrected chi connectivity index (χ0v) is 18.8. The fourth-order valence-corrected chi connectivity index (χ4v) is 3.62. The molecule has 0 aliphatic carbocycles. The van der Waals surface area contributed by atoms with E-state index in [1.807, 2.05) is 60.7 Å². The van der Waals surface area contributed by atoms with Crippen LogP contribution >= 0.6 is 0 Å². The lowest BCUT2D eigenvalue weighted by Crippen LogP contribution is -2.11. The summed E-state index contributed by atoms with van der Waals surface area (Å²) in [5.41, 5.74) is 3.50. The molecule has 1 heterocycles. The Morgan fingerprint density at radius 1 is 0.818 bits per heavy atom. The van der Waals surface area contributed by atoms with E-state index in [-0.39, 0.29) is 11.7 Å². The SMILES string of the molecule is COc1ccc(OC)c(Cc2ccc(C(=O)Nc3ccc(-c4ccccc4)c(OC)c3)o2)c1. The van der Waals surface area contributed by atoms with Crippen molar-refractivity contribution in [2.24, 2.45) is 0 Å². The predicted octanol–water partition coefficient (Wildman–Crippen LogP) is 5.82. The Hall–Kier alpha value is -4.19. The van der Waals surface area contributed by atoms with Crippen LogP contribution in [0.1, 0.15) is 21.9 Å². The van der Waals surface area contributed by atoms with Gasteiger partial charge in [-0.3, -0.25) is 4.79 Å². The standard InChI is InChI=1S/C27H25NO5/c1-30-21-10-13-24(31-2)19(15-21)16-22-11-14-25(33-22)27(29)28-20-9-12-23(26(17-20)32-3)18-7-5-4-6-8-18/h4-15,17H,16H2,1-3H3,(H,28,29). The number of hydrogen-bond acceptors (Lipinski definition) is 5. The Morgan fingerprint density at radius 2 is 1.61 bits per heavy atom. The Bertz CT molecular complexity index is 1250. The molecule has 0 aliphatic rings. The minimum Gasteiger partial charge on any atom is -0.497 e. The van der Waals surface area contributed by atoms with Crippen molar-refractivity contribution in [3.63, 3.8) is 0 Å². The van der Waals surface area contributed by atoms with E-state index in [4.69, 9.17) is 18.6 Å². The summed E-state index contributed by atoms with van der Waals surface area (Å²) in [6.07, 6.45) is 0.466.